The van der Waals surface area contributed by atoms with Gasteiger partial charge in [-0.2, -0.15) is 0 Å². The number of likely N-dealkylation sites (N-methyl/N-ethyl adjacent to an activating group) is 1. The van der Waals surface area contributed by atoms with Crippen LogP contribution in [0, 0.1) is 10.1 Å². The van der Waals surface area contributed by atoms with Gasteiger partial charge in [-0.1, -0.05) is 29.8 Å². The first-order valence-electron chi connectivity index (χ1n) is 7.83. The van der Waals surface area contributed by atoms with Crippen molar-refractivity contribution in [1.29, 1.82) is 0 Å². The van der Waals surface area contributed by atoms with Gasteiger partial charge in [-0.3, -0.25) is 19.7 Å². The molecule has 2 aromatic carbocycles. The Hall–Kier alpha value is -2.93. The zero-order valence-electron chi connectivity index (χ0n) is 14.3. The van der Waals surface area contributed by atoms with Crippen LogP contribution in [-0.4, -0.2) is 35.2 Å². The van der Waals surface area contributed by atoms with Crippen LogP contribution in [-0.2, 0) is 4.79 Å². The molecule has 2 aromatic rings. The van der Waals surface area contributed by atoms with Gasteiger partial charge in [-0.15, -0.1) is 0 Å². The van der Waals surface area contributed by atoms with Gasteiger partial charge >= 0.3 is 0 Å². The molecule has 0 aliphatic carbocycles. The van der Waals surface area contributed by atoms with Crippen LogP contribution in [0.4, 0.5) is 5.69 Å². The first kappa shape index (κ1) is 19.4. The fourth-order valence-corrected chi connectivity index (χ4v) is 2.45. The van der Waals surface area contributed by atoms with Crippen molar-refractivity contribution in [3.05, 3.63) is 74.8 Å². The van der Waals surface area contributed by atoms with Crippen molar-refractivity contribution in [2.75, 3.05) is 13.6 Å². The molecular formula is C18H18ClN3O4. The van der Waals surface area contributed by atoms with Crippen molar-refractivity contribution in [2.45, 2.75) is 13.0 Å². The molecule has 0 heterocycles. The van der Waals surface area contributed by atoms with Crippen LogP contribution in [0.15, 0.2) is 48.5 Å². The second-order valence-electron chi connectivity index (χ2n) is 5.72. The van der Waals surface area contributed by atoms with E-state index in [9.17, 15) is 19.7 Å². The van der Waals surface area contributed by atoms with Crippen molar-refractivity contribution in [3.63, 3.8) is 0 Å². The molecule has 0 aromatic heterocycles. The lowest BCUT2D eigenvalue weighted by atomic mass is 10.1. The minimum atomic E-state index is -0.580. The summed E-state index contributed by atoms with van der Waals surface area (Å²) in [7, 11) is 1.64. The van der Waals surface area contributed by atoms with Gasteiger partial charge in [0, 0.05) is 29.8 Å². The number of nitro benzene ring substituents is 1. The lowest BCUT2D eigenvalue weighted by Gasteiger charge is -2.25. The van der Waals surface area contributed by atoms with E-state index in [4.69, 9.17) is 11.6 Å². The maximum atomic E-state index is 12.3. The number of nitrogens with one attached hydrogen (secondary N) is 1. The van der Waals surface area contributed by atoms with E-state index in [0.717, 1.165) is 5.56 Å². The summed E-state index contributed by atoms with van der Waals surface area (Å²) < 4.78 is 0. The van der Waals surface area contributed by atoms with Gasteiger partial charge in [0.2, 0.25) is 5.91 Å². The molecule has 0 bridgehead atoms. The van der Waals surface area contributed by atoms with Crippen LogP contribution in [0.25, 0.3) is 0 Å². The Labute approximate surface area is 155 Å². The molecule has 136 valence electrons. The van der Waals surface area contributed by atoms with Gasteiger partial charge in [0.15, 0.2) is 0 Å². The standard InChI is InChI=1S/C18H18ClN3O4/c1-12(13-6-8-15(19)9-7-13)21(2)17(23)11-20-18(24)14-4-3-5-16(10-14)22(25)26/h3-10,12H,11H2,1-2H3,(H,20,24). The first-order chi connectivity index (χ1) is 12.3. The van der Waals surface area contributed by atoms with E-state index in [2.05, 4.69) is 5.32 Å². The number of benzene rings is 2. The molecule has 8 heteroatoms. The molecule has 0 radical (unpaired) electrons. The largest absolute Gasteiger partial charge is 0.343 e. The molecule has 0 saturated carbocycles. The molecule has 7 nitrogen and oxygen atoms in total. The summed E-state index contributed by atoms with van der Waals surface area (Å²) in [6, 6.07) is 12.3. The SMILES string of the molecule is CC(c1ccc(Cl)cc1)N(C)C(=O)CNC(=O)c1cccc([N+](=O)[O-])c1. The molecule has 0 spiro atoms. The molecular weight excluding hydrogens is 358 g/mol. The fourth-order valence-electron chi connectivity index (χ4n) is 2.32. The maximum Gasteiger partial charge on any atom is 0.270 e. The van der Waals surface area contributed by atoms with E-state index in [0.29, 0.717) is 5.02 Å². The second-order valence-corrected chi connectivity index (χ2v) is 6.16. The van der Waals surface area contributed by atoms with Crippen molar-refractivity contribution >= 4 is 29.1 Å². The highest BCUT2D eigenvalue weighted by molar-refractivity contribution is 6.30. The highest BCUT2D eigenvalue weighted by Crippen LogP contribution is 2.20. The van der Waals surface area contributed by atoms with Gasteiger partial charge in [-0.25, -0.2) is 0 Å². The molecule has 1 unspecified atom stereocenters. The summed E-state index contributed by atoms with van der Waals surface area (Å²) in [5, 5.41) is 13.9. The summed E-state index contributed by atoms with van der Waals surface area (Å²) in [5.74, 6) is -0.833. The number of non-ortho nitro benzene ring substituents is 1. The Morgan fingerprint density at radius 3 is 2.50 bits per heavy atom. The van der Waals surface area contributed by atoms with Gasteiger partial charge in [0.25, 0.3) is 11.6 Å². The van der Waals surface area contributed by atoms with E-state index in [-0.39, 0.29) is 29.7 Å². The average Bonchev–Trinajstić information content (AvgIpc) is 2.65. The number of rotatable bonds is 6. The Morgan fingerprint density at radius 1 is 1.23 bits per heavy atom. The topological polar surface area (TPSA) is 92.6 Å². The normalized spacial score (nSPS) is 11.5. The highest BCUT2D eigenvalue weighted by atomic mass is 35.5. The molecule has 0 saturated heterocycles. The minimum absolute atomic E-state index is 0.125. The lowest BCUT2D eigenvalue weighted by Crippen LogP contribution is -2.39. The van der Waals surface area contributed by atoms with Crippen LogP contribution in [0.5, 0.6) is 0 Å². The smallest absolute Gasteiger partial charge is 0.270 e. The van der Waals surface area contributed by atoms with Gasteiger partial charge < -0.3 is 10.2 Å². The summed E-state index contributed by atoms with van der Waals surface area (Å²) >= 11 is 5.86. The van der Waals surface area contributed by atoms with E-state index in [1.165, 1.54) is 29.2 Å². The quantitative estimate of drug-likeness (QED) is 0.619. The first-order valence-corrected chi connectivity index (χ1v) is 8.21. The molecule has 2 amide bonds. The van der Waals surface area contributed by atoms with E-state index in [1.54, 1.807) is 19.2 Å². The molecule has 2 rings (SSSR count). The van der Waals surface area contributed by atoms with Crippen LogP contribution in [0.3, 0.4) is 0 Å². The van der Waals surface area contributed by atoms with Gasteiger partial charge in [-0.05, 0) is 30.7 Å². The Kier molecular flexibility index (Phi) is 6.30. The van der Waals surface area contributed by atoms with Crippen LogP contribution in [0.2, 0.25) is 5.02 Å². The lowest BCUT2D eigenvalue weighted by molar-refractivity contribution is -0.384. The number of halogens is 1. The molecule has 0 aliphatic heterocycles. The molecule has 1 atom stereocenters. The van der Waals surface area contributed by atoms with Gasteiger partial charge in [0.05, 0.1) is 17.5 Å². The molecule has 0 aliphatic rings. The number of nitro groups is 1. The van der Waals surface area contributed by atoms with E-state index >= 15 is 0 Å². The zero-order chi connectivity index (χ0) is 19.3. The summed E-state index contributed by atoms with van der Waals surface area (Å²) in [6.45, 7) is 1.65. The fraction of sp³-hybridized carbons (Fsp3) is 0.222. The van der Waals surface area contributed by atoms with Crippen molar-refractivity contribution in [2.24, 2.45) is 0 Å². The molecule has 1 N–H and O–H groups in total. The number of carbonyl (C=O) groups excluding carboxylic acids is 2. The third kappa shape index (κ3) is 4.80. The third-order valence-electron chi connectivity index (χ3n) is 4.05. The Bertz CT molecular complexity index is 823. The van der Waals surface area contributed by atoms with Crippen molar-refractivity contribution in [3.8, 4) is 0 Å². The number of amides is 2. The zero-order valence-corrected chi connectivity index (χ0v) is 15.1. The van der Waals surface area contributed by atoms with Gasteiger partial charge in [0.1, 0.15) is 0 Å². The van der Waals surface area contributed by atoms with Crippen molar-refractivity contribution < 1.29 is 14.5 Å². The average molecular weight is 376 g/mol. The third-order valence-corrected chi connectivity index (χ3v) is 4.30. The molecule has 26 heavy (non-hydrogen) atoms. The number of carbonyl (C=O) groups is 2. The predicted octanol–water partition coefficient (Wildman–Crippen LogP) is 3.20. The highest BCUT2D eigenvalue weighted by Gasteiger charge is 2.19. The van der Waals surface area contributed by atoms with Crippen LogP contribution < -0.4 is 5.32 Å². The number of hydrogen-bond donors (Lipinski definition) is 1. The molecule has 0 fully saturated rings. The number of hydrogen-bond acceptors (Lipinski definition) is 4. The van der Waals surface area contributed by atoms with E-state index < -0.39 is 10.8 Å². The summed E-state index contributed by atoms with van der Waals surface area (Å²) in [4.78, 5) is 36.1. The monoisotopic (exact) mass is 375 g/mol. The predicted molar refractivity (Wildman–Crippen MR) is 98.1 cm³/mol. The minimum Gasteiger partial charge on any atom is -0.343 e. The Balaban J connectivity index is 1.96. The van der Waals surface area contributed by atoms with E-state index in [1.807, 2.05) is 19.1 Å². The van der Waals surface area contributed by atoms with Crippen LogP contribution >= 0.6 is 11.6 Å². The van der Waals surface area contributed by atoms with Crippen molar-refractivity contribution in [1.82, 2.24) is 10.2 Å². The maximum absolute atomic E-state index is 12.3. The summed E-state index contributed by atoms with van der Waals surface area (Å²) in [5.41, 5.74) is 0.855. The summed E-state index contributed by atoms with van der Waals surface area (Å²) in [6.07, 6.45) is 0. The van der Waals surface area contributed by atoms with Crippen LogP contribution in [0.1, 0.15) is 28.9 Å². The second kappa shape index (κ2) is 8.44. The Morgan fingerprint density at radius 2 is 1.88 bits per heavy atom. The number of nitrogens with zero attached hydrogens (tertiary/aromatic N) is 2.